The lowest BCUT2D eigenvalue weighted by Crippen LogP contribution is -2.41. The van der Waals surface area contributed by atoms with Crippen molar-refractivity contribution in [2.75, 3.05) is 11.9 Å². The lowest BCUT2D eigenvalue weighted by atomic mass is 9.85. The predicted molar refractivity (Wildman–Crippen MR) is 93.6 cm³/mol. The summed E-state index contributed by atoms with van der Waals surface area (Å²) in [6.45, 7) is 0.858. The quantitative estimate of drug-likeness (QED) is 0.911. The van der Waals surface area contributed by atoms with E-state index in [1.165, 1.54) is 19.3 Å². The smallest absolute Gasteiger partial charge is 0.321 e. The third-order valence-corrected chi connectivity index (χ3v) is 5.24. The zero-order valence-electron chi connectivity index (χ0n) is 13.7. The number of likely N-dealkylation sites (tertiary alicyclic amines) is 1. The Bertz CT molecular complexity index is 701. The fourth-order valence-corrected chi connectivity index (χ4v) is 4.00. The third kappa shape index (κ3) is 2.98. The van der Waals surface area contributed by atoms with Crippen LogP contribution in [-0.4, -0.2) is 33.7 Å². The second kappa shape index (κ2) is 6.59. The Balaban J connectivity index is 1.43. The molecule has 1 aliphatic heterocycles. The summed E-state index contributed by atoms with van der Waals surface area (Å²) in [6.07, 6.45) is 6.08. The zero-order chi connectivity index (χ0) is 16.4. The Labute approximate surface area is 142 Å². The average molecular weight is 322 g/mol. The van der Waals surface area contributed by atoms with Crippen LogP contribution in [0.15, 0.2) is 42.5 Å². The maximum absolute atomic E-state index is 12.6. The van der Waals surface area contributed by atoms with Gasteiger partial charge in [0.1, 0.15) is 0 Å². The molecule has 0 unspecified atom stereocenters. The lowest BCUT2D eigenvalue weighted by Gasteiger charge is -2.31. The molecule has 2 fully saturated rings. The van der Waals surface area contributed by atoms with Crippen molar-refractivity contribution in [2.45, 2.75) is 38.1 Å². The molecule has 0 bridgehead atoms. The van der Waals surface area contributed by atoms with Gasteiger partial charge in [-0.05, 0) is 37.3 Å². The van der Waals surface area contributed by atoms with Crippen molar-refractivity contribution in [3.05, 3.63) is 42.5 Å². The van der Waals surface area contributed by atoms with Gasteiger partial charge in [0.15, 0.2) is 5.82 Å². The summed E-state index contributed by atoms with van der Waals surface area (Å²) >= 11 is 0. The molecule has 2 heterocycles. The van der Waals surface area contributed by atoms with Crippen molar-refractivity contribution in [2.24, 2.45) is 5.92 Å². The van der Waals surface area contributed by atoms with Gasteiger partial charge in [0.25, 0.3) is 0 Å². The van der Waals surface area contributed by atoms with Crippen LogP contribution in [0.5, 0.6) is 0 Å². The number of carbonyl (C=O) groups excluding carboxylic acids is 1. The standard InChI is InChI=1S/C19H22N4O/c24-19(23-13-12-15-8-4-5-9-17(15)23)20-18-11-10-16(21-22-18)14-6-2-1-3-7-14/h1-3,6-7,10-11,15,17H,4-5,8-9,12-13H2,(H,20,22,24)/t15-,17-/m1/s1. The van der Waals surface area contributed by atoms with Crippen LogP contribution in [0, 0.1) is 5.92 Å². The molecule has 1 saturated heterocycles. The molecule has 5 heteroatoms. The number of benzene rings is 1. The molecule has 2 aromatic rings. The first-order valence-electron chi connectivity index (χ1n) is 8.78. The number of nitrogens with one attached hydrogen (secondary N) is 1. The SMILES string of the molecule is O=C(Nc1ccc(-c2ccccc2)nn1)N1CC[C@H]2CCCC[C@H]21. The van der Waals surface area contributed by atoms with Gasteiger partial charge in [-0.25, -0.2) is 4.79 Å². The highest BCUT2D eigenvalue weighted by atomic mass is 16.2. The van der Waals surface area contributed by atoms with Gasteiger partial charge in [-0.15, -0.1) is 10.2 Å². The van der Waals surface area contributed by atoms with Crippen molar-refractivity contribution >= 4 is 11.8 Å². The van der Waals surface area contributed by atoms with Crippen molar-refractivity contribution in [3.63, 3.8) is 0 Å². The van der Waals surface area contributed by atoms with E-state index < -0.39 is 0 Å². The first kappa shape index (κ1) is 15.1. The Kier molecular flexibility index (Phi) is 4.15. The van der Waals surface area contributed by atoms with Gasteiger partial charge < -0.3 is 4.90 Å². The molecule has 2 atom stereocenters. The number of rotatable bonds is 2. The number of hydrogen-bond acceptors (Lipinski definition) is 3. The van der Waals surface area contributed by atoms with E-state index in [4.69, 9.17) is 0 Å². The number of anilines is 1. The Hall–Kier alpha value is -2.43. The van der Waals surface area contributed by atoms with Crippen LogP contribution < -0.4 is 5.32 Å². The molecular weight excluding hydrogens is 300 g/mol. The number of urea groups is 1. The van der Waals surface area contributed by atoms with E-state index in [9.17, 15) is 4.79 Å². The summed E-state index contributed by atoms with van der Waals surface area (Å²) in [6, 6.07) is 14.0. The molecular formula is C19H22N4O. The van der Waals surface area contributed by atoms with Crippen molar-refractivity contribution < 1.29 is 4.79 Å². The average Bonchev–Trinajstić information content (AvgIpc) is 3.07. The number of aromatic nitrogens is 2. The van der Waals surface area contributed by atoms with Crippen LogP contribution in [0.2, 0.25) is 0 Å². The highest BCUT2D eigenvalue weighted by Gasteiger charge is 2.38. The van der Waals surface area contributed by atoms with Crippen LogP contribution >= 0.6 is 0 Å². The van der Waals surface area contributed by atoms with E-state index in [1.807, 2.05) is 47.4 Å². The summed E-state index contributed by atoms with van der Waals surface area (Å²) in [5, 5.41) is 11.3. The normalized spacial score (nSPS) is 22.9. The van der Waals surface area contributed by atoms with Crippen LogP contribution in [0.4, 0.5) is 10.6 Å². The van der Waals surface area contributed by atoms with Crippen LogP contribution in [0.3, 0.4) is 0 Å². The maximum atomic E-state index is 12.6. The van der Waals surface area contributed by atoms with Crippen LogP contribution in [0.25, 0.3) is 11.3 Å². The van der Waals surface area contributed by atoms with Crippen LogP contribution in [0.1, 0.15) is 32.1 Å². The molecule has 0 spiro atoms. The molecule has 124 valence electrons. The van der Waals surface area contributed by atoms with E-state index in [0.29, 0.717) is 17.8 Å². The van der Waals surface area contributed by atoms with Crippen LogP contribution in [-0.2, 0) is 0 Å². The topological polar surface area (TPSA) is 58.1 Å². The Morgan fingerprint density at radius 3 is 2.62 bits per heavy atom. The number of hydrogen-bond donors (Lipinski definition) is 1. The highest BCUT2D eigenvalue weighted by molar-refractivity contribution is 5.88. The van der Waals surface area contributed by atoms with E-state index in [-0.39, 0.29) is 6.03 Å². The van der Waals surface area contributed by atoms with Gasteiger partial charge in [0, 0.05) is 18.2 Å². The number of nitrogens with zero attached hydrogens (tertiary/aromatic N) is 3. The largest absolute Gasteiger partial charge is 0.323 e. The van der Waals surface area contributed by atoms with Gasteiger partial charge in [-0.2, -0.15) is 0 Å². The first-order chi connectivity index (χ1) is 11.8. The molecule has 1 aromatic heterocycles. The number of carbonyl (C=O) groups is 1. The lowest BCUT2D eigenvalue weighted by molar-refractivity contribution is 0.181. The van der Waals surface area contributed by atoms with Gasteiger partial charge in [0.05, 0.1) is 5.69 Å². The minimum atomic E-state index is -0.0360. The fraction of sp³-hybridized carbons (Fsp3) is 0.421. The summed E-state index contributed by atoms with van der Waals surface area (Å²) in [5.74, 6) is 1.20. The highest BCUT2D eigenvalue weighted by Crippen LogP contribution is 2.36. The summed E-state index contributed by atoms with van der Waals surface area (Å²) in [4.78, 5) is 14.6. The minimum absolute atomic E-state index is 0.0360. The molecule has 1 saturated carbocycles. The summed E-state index contributed by atoms with van der Waals surface area (Å²) in [7, 11) is 0. The predicted octanol–water partition coefficient (Wildman–Crippen LogP) is 3.94. The van der Waals surface area contributed by atoms with Crippen molar-refractivity contribution in [1.29, 1.82) is 0 Å². The maximum Gasteiger partial charge on any atom is 0.323 e. The Morgan fingerprint density at radius 1 is 1.00 bits per heavy atom. The van der Waals surface area contributed by atoms with Gasteiger partial charge >= 0.3 is 6.03 Å². The summed E-state index contributed by atoms with van der Waals surface area (Å²) < 4.78 is 0. The fourth-order valence-electron chi connectivity index (χ4n) is 4.00. The van der Waals surface area contributed by atoms with Gasteiger partial charge in [-0.3, -0.25) is 5.32 Å². The van der Waals surface area contributed by atoms with Gasteiger partial charge in [-0.1, -0.05) is 43.2 Å². The molecule has 0 radical (unpaired) electrons. The van der Waals surface area contributed by atoms with Gasteiger partial charge in [0.2, 0.25) is 0 Å². The molecule has 1 N–H and O–H groups in total. The molecule has 1 aromatic carbocycles. The molecule has 2 aliphatic rings. The zero-order valence-corrected chi connectivity index (χ0v) is 13.7. The third-order valence-electron chi connectivity index (χ3n) is 5.24. The van der Waals surface area contributed by atoms with E-state index in [0.717, 1.165) is 30.6 Å². The van der Waals surface area contributed by atoms with E-state index in [1.54, 1.807) is 0 Å². The number of amides is 2. The summed E-state index contributed by atoms with van der Waals surface area (Å²) in [5.41, 5.74) is 1.83. The molecule has 24 heavy (non-hydrogen) atoms. The second-order valence-electron chi connectivity index (χ2n) is 6.69. The molecule has 4 rings (SSSR count). The Morgan fingerprint density at radius 2 is 1.83 bits per heavy atom. The molecule has 5 nitrogen and oxygen atoms in total. The first-order valence-corrected chi connectivity index (χ1v) is 8.78. The number of fused-ring (bicyclic) bond motifs is 1. The monoisotopic (exact) mass is 322 g/mol. The van der Waals surface area contributed by atoms with Crippen molar-refractivity contribution in [3.8, 4) is 11.3 Å². The van der Waals surface area contributed by atoms with E-state index in [2.05, 4.69) is 15.5 Å². The molecule has 1 aliphatic carbocycles. The molecule has 2 amide bonds. The second-order valence-corrected chi connectivity index (χ2v) is 6.69. The van der Waals surface area contributed by atoms with E-state index >= 15 is 0 Å². The minimum Gasteiger partial charge on any atom is -0.321 e. The van der Waals surface area contributed by atoms with Crippen molar-refractivity contribution in [1.82, 2.24) is 15.1 Å².